The minimum absolute atomic E-state index is 0.0533. The van der Waals surface area contributed by atoms with Crippen LogP contribution in [-0.4, -0.2) is 4.98 Å². The lowest BCUT2D eigenvalue weighted by molar-refractivity contribution is -0.137. The highest BCUT2D eigenvalue weighted by Crippen LogP contribution is 2.30. The number of aromatic nitrogens is 1. The van der Waals surface area contributed by atoms with Crippen molar-refractivity contribution in [1.82, 2.24) is 10.3 Å². The van der Waals surface area contributed by atoms with Gasteiger partial charge < -0.3 is 5.32 Å². The van der Waals surface area contributed by atoms with E-state index < -0.39 is 11.7 Å². The largest absolute Gasteiger partial charge is 0.416 e. The maximum absolute atomic E-state index is 12.5. The number of rotatable bonds is 4. The molecule has 2 aromatic rings. The molecule has 2 rings (SSSR count). The number of nitrogens with zero attached hydrogens (tertiary/aromatic N) is 1. The first-order chi connectivity index (χ1) is 9.88. The van der Waals surface area contributed by atoms with Crippen molar-refractivity contribution in [2.45, 2.75) is 32.1 Å². The number of hydrogen-bond acceptors (Lipinski definition) is 2. The molecule has 0 aliphatic rings. The quantitative estimate of drug-likeness (QED) is 0.897. The molecule has 1 aromatic heterocycles. The summed E-state index contributed by atoms with van der Waals surface area (Å²) < 4.78 is 37.6. The number of hydrogen-bond donors (Lipinski definition) is 1. The van der Waals surface area contributed by atoms with Gasteiger partial charge in [-0.3, -0.25) is 4.98 Å². The minimum Gasteiger partial charge on any atom is -0.304 e. The zero-order valence-corrected chi connectivity index (χ0v) is 11.9. The lowest BCUT2D eigenvalue weighted by atomic mass is 10.0. The van der Waals surface area contributed by atoms with Crippen LogP contribution in [-0.2, 0) is 6.18 Å². The molecule has 21 heavy (non-hydrogen) atoms. The van der Waals surface area contributed by atoms with E-state index in [9.17, 15) is 13.2 Å². The molecular weight excluding hydrogens is 277 g/mol. The van der Waals surface area contributed by atoms with Gasteiger partial charge in [-0.15, -0.1) is 0 Å². The Bertz CT molecular complexity index is 564. The number of halogens is 3. The normalized spacial score (nSPS) is 14.7. The lowest BCUT2D eigenvalue weighted by Gasteiger charge is -2.21. The SMILES string of the molecule is CC(N[C@@H](C)c1cccnc1)c1ccc(C(F)(F)F)cc1. The first-order valence-corrected chi connectivity index (χ1v) is 6.71. The van der Waals surface area contributed by atoms with E-state index in [-0.39, 0.29) is 12.1 Å². The Labute approximate surface area is 122 Å². The molecular formula is C16H17F3N2. The molecule has 1 heterocycles. The highest BCUT2D eigenvalue weighted by Gasteiger charge is 2.30. The predicted octanol–water partition coefficient (Wildman–Crippen LogP) is 4.51. The lowest BCUT2D eigenvalue weighted by Crippen LogP contribution is -2.22. The predicted molar refractivity (Wildman–Crippen MR) is 75.6 cm³/mol. The Morgan fingerprint density at radius 1 is 0.952 bits per heavy atom. The third kappa shape index (κ3) is 4.04. The molecule has 2 atom stereocenters. The molecule has 0 aliphatic heterocycles. The summed E-state index contributed by atoms with van der Waals surface area (Å²) in [7, 11) is 0. The third-order valence-electron chi connectivity index (χ3n) is 3.42. The summed E-state index contributed by atoms with van der Waals surface area (Å²) in [5.41, 5.74) is 1.23. The number of nitrogens with one attached hydrogen (secondary N) is 1. The topological polar surface area (TPSA) is 24.9 Å². The number of alkyl halides is 3. The number of benzene rings is 1. The Morgan fingerprint density at radius 2 is 1.57 bits per heavy atom. The highest BCUT2D eigenvalue weighted by atomic mass is 19.4. The van der Waals surface area contributed by atoms with Crippen LogP contribution in [0.2, 0.25) is 0 Å². The fraction of sp³-hybridized carbons (Fsp3) is 0.312. The third-order valence-corrected chi connectivity index (χ3v) is 3.42. The van der Waals surface area contributed by atoms with Crippen molar-refractivity contribution in [2.24, 2.45) is 0 Å². The second-order valence-electron chi connectivity index (χ2n) is 5.02. The van der Waals surface area contributed by atoms with Crippen molar-refractivity contribution < 1.29 is 13.2 Å². The highest BCUT2D eigenvalue weighted by molar-refractivity contribution is 5.27. The van der Waals surface area contributed by atoms with Gasteiger partial charge >= 0.3 is 6.18 Å². The summed E-state index contributed by atoms with van der Waals surface area (Å²) in [5.74, 6) is 0. The van der Waals surface area contributed by atoms with Crippen LogP contribution in [0.4, 0.5) is 13.2 Å². The fourth-order valence-corrected chi connectivity index (χ4v) is 2.16. The monoisotopic (exact) mass is 294 g/mol. The molecule has 0 saturated heterocycles. The van der Waals surface area contributed by atoms with Crippen LogP contribution in [0.3, 0.4) is 0 Å². The van der Waals surface area contributed by atoms with E-state index in [1.54, 1.807) is 12.4 Å². The van der Waals surface area contributed by atoms with Gasteiger partial charge in [-0.1, -0.05) is 18.2 Å². The Balaban J connectivity index is 2.05. The standard InChI is InChI=1S/C16H17F3N2/c1-11(21-12(2)14-4-3-9-20-10-14)13-5-7-15(8-6-13)16(17,18)19/h3-12,21H,1-2H3/t11?,12-/m0/s1. The van der Waals surface area contributed by atoms with Gasteiger partial charge in [-0.25, -0.2) is 0 Å². The first-order valence-electron chi connectivity index (χ1n) is 6.71. The summed E-state index contributed by atoms with van der Waals surface area (Å²) in [6.45, 7) is 3.92. The summed E-state index contributed by atoms with van der Waals surface area (Å²) in [6, 6.07) is 9.08. The van der Waals surface area contributed by atoms with Crippen molar-refractivity contribution in [2.75, 3.05) is 0 Å². The van der Waals surface area contributed by atoms with Gasteiger partial charge in [-0.2, -0.15) is 13.2 Å². The number of pyridine rings is 1. The van der Waals surface area contributed by atoms with Crippen molar-refractivity contribution >= 4 is 0 Å². The summed E-state index contributed by atoms with van der Waals surface area (Å²) in [5, 5.41) is 3.35. The van der Waals surface area contributed by atoms with Crippen LogP contribution < -0.4 is 5.32 Å². The molecule has 0 aliphatic carbocycles. The molecule has 0 saturated carbocycles. The first kappa shape index (κ1) is 15.5. The summed E-state index contributed by atoms with van der Waals surface area (Å²) in [6.07, 6.45) is -0.815. The second kappa shape index (κ2) is 6.26. The van der Waals surface area contributed by atoms with Crippen LogP contribution in [0.1, 0.15) is 42.6 Å². The molecule has 0 amide bonds. The summed E-state index contributed by atoms with van der Waals surface area (Å²) >= 11 is 0. The zero-order valence-electron chi connectivity index (χ0n) is 11.9. The van der Waals surface area contributed by atoms with Crippen LogP contribution >= 0.6 is 0 Å². The van der Waals surface area contributed by atoms with E-state index in [1.165, 1.54) is 12.1 Å². The smallest absolute Gasteiger partial charge is 0.304 e. The molecule has 0 bridgehead atoms. The van der Waals surface area contributed by atoms with Gasteiger partial charge in [0.05, 0.1) is 5.56 Å². The van der Waals surface area contributed by atoms with Crippen molar-refractivity contribution in [3.05, 3.63) is 65.5 Å². The molecule has 1 N–H and O–H groups in total. The van der Waals surface area contributed by atoms with E-state index in [1.807, 2.05) is 26.0 Å². The van der Waals surface area contributed by atoms with Crippen LogP contribution in [0.15, 0.2) is 48.8 Å². The van der Waals surface area contributed by atoms with Gasteiger partial charge in [0, 0.05) is 24.5 Å². The summed E-state index contributed by atoms with van der Waals surface area (Å²) in [4.78, 5) is 4.06. The second-order valence-corrected chi connectivity index (χ2v) is 5.02. The van der Waals surface area contributed by atoms with Crippen molar-refractivity contribution in [3.8, 4) is 0 Å². The average Bonchev–Trinajstić information content (AvgIpc) is 2.47. The van der Waals surface area contributed by atoms with Gasteiger partial charge in [0.1, 0.15) is 0 Å². The zero-order chi connectivity index (χ0) is 15.5. The minimum atomic E-state index is -4.29. The molecule has 0 spiro atoms. The van der Waals surface area contributed by atoms with Crippen LogP contribution in [0.25, 0.3) is 0 Å². The van der Waals surface area contributed by atoms with E-state index in [2.05, 4.69) is 10.3 Å². The Morgan fingerprint density at radius 3 is 2.10 bits per heavy atom. The maximum atomic E-state index is 12.5. The van der Waals surface area contributed by atoms with Crippen molar-refractivity contribution in [1.29, 1.82) is 0 Å². The maximum Gasteiger partial charge on any atom is 0.416 e. The van der Waals surface area contributed by atoms with Gasteiger partial charge in [0.15, 0.2) is 0 Å². The molecule has 0 radical (unpaired) electrons. The van der Waals surface area contributed by atoms with Crippen LogP contribution in [0, 0.1) is 0 Å². The van der Waals surface area contributed by atoms with E-state index in [0.29, 0.717) is 0 Å². The molecule has 1 aromatic carbocycles. The van der Waals surface area contributed by atoms with Crippen molar-refractivity contribution in [3.63, 3.8) is 0 Å². The fourth-order valence-electron chi connectivity index (χ4n) is 2.16. The molecule has 112 valence electrons. The average molecular weight is 294 g/mol. The Kier molecular flexibility index (Phi) is 4.63. The van der Waals surface area contributed by atoms with Crippen LogP contribution in [0.5, 0.6) is 0 Å². The molecule has 2 nitrogen and oxygen atoms in total. The van der Waals surface area contributed by atoms with E-state index in [4.69, 9.17) is 0 Å². The Hall–Kier alpha value is -1.88. The van der Waals surface area contributed by atoms with Gasteiger partial charge in [-0.05, 0) is 43.2 Å². The van der Waals surface area contributed by atoms with E-state index in [0.717, 1.165) is 23.3 Å². The molecule has 1 unspecified atom stereocenters. The van der Waals surface area contributed by atoms with Gasteiger partial charge in [0.25, 0.3) is 0 Å². The molecule has 5 heteroatoms. The van der Waals surface area contributed by atoms with E-state index >= 15 is 0 Å². The van der Waals surface area contributed by atoms with Gasteiger partial charge in [0.2, 0.25) is 0 Å². The molecule has 0 fully saturated rings.